The summed E-state index contributed by atoms with van der Waals surface area (Å²) in [6.07, 6.45) is 3.38. The van der Waals surface area contributed by atoms with Crippen LogP contribution in [0.25, 0.3) is 0 Å². The summed E-state index contributed by atoms with van der Waals surface area (Å²) in [5.41, 5.74) is 1.91. The summed E-state index contributed by atoms with van der Waals surface area (Å²) in [6, 6.07) is 0. The molecule has 1 aliphatic carbocycles. The summed E-state index contributed by atoms with van der Waals surface area (Å²) in [5.74, 6) is -0.375. The van der Waals surface area contributed by atoms with Gasteiger partial charge >= 0.3 is 5.97 Å². The van der Waals surface area contributed by atoms with Gasteiger partial charge in [0, 0.05) is 24.9 Å². The number of ketones is 1. The van der Waals surface area contributed by atoms with Gasteiger partial charge in [-0.1, -0.05) is 6.92 Å². The molecule has 1 atom stereocenters. The molecule has 0 fully saturated rings. The van der Waals surface area contributed by atoms with Crippen molar-refractivity contribution in [3.63, 3.8) is 0 Å². The van der Waals surface area contributed by atoms with Gasteiger partial charge in [-0.05, 0) is 12.8 Å². The molecule has 0 spiro atoms. The number of carbonyl (C=O) groups is 2. The van der Waals surface area contributed by atoms with E-state index in [1.165, 1.54) is 7.11 Å². The standard InChI is InChI=1S/C12H15NO3/c1-7-4-5-9-10(11(7)14)8(6-13(9)2)12(15)16-3/h6-7H,4-5H2,1-3H3. The minimum atomic E-state index is -0.431. The third-order valence-electron chi connectivity index (χ3n) is 3.22. The van der Waals surface area contributed by atoms with E-state index in [4.69, 9.17) is 4.74 Å². The summed E-state index contributed by atoms with van der Waals surface area (Å²) in [7, 11) is 3.19. The molecule has 86 valence electrons. The van der Waals surface area contributed by atoms with Crippen molar-refractivity contribution < 1.29 is 14.3 Å². The number of aryl methyl sites for hydroxylation is 1. The van der Waals surface area contributed by atoms with Crippen molar-refractivity contribution in [3.05, 3.63) is 23.0 Å². The summed E-state index contributed by atoms with van der Waals surface area (Å²) >= 11 is 0. The fraction of sp³-hybridized carbons (Fsp3) is 0.500. The normalized spacial score (nSPS) is 19.4. The van der Waals surface area contributed by atoms with Crippen LogP contribution in [-0.4, -0.2) is 23.4 Å². The van der Waals surface area contributed by atoms with Crippen LogP contribution in [0, 0.1) is 5.92 Å². The van der Waals surface area contributed by atoms with E-state index in [-0.39, 0.29) is 11.7 Å². The first kappa shape index (κ1) is 10.9. The predicted molar refractivity (Wildman–Crippen MR) is 58.6 cm³/mol. The Morgan fingerprint density at radius 2 is 2.25 bits per heavy atom. The molecule has 0 aliphatic heterocycles. The number of Topliss-reactive ketones (excluding diaryl/α,β-unsaturated/α-hetero) is 1. The fourth-order valence-electron chi connectivity index (χ4n) is 2.24. The molecule has 0 radical (unpaired) electrons. The van der Waals surface area contributed by atoms with Crippen LogP contribution in [0.3, 0.4) is 0 Å². The van der Waals surface area contributed by atoms with Gasteiger partial charge in [0.05, 0.1) is 18.2 Å². The Morgan fingerprint density at radius 1 is 1.56 bits per heavy atom. The highest BCUT2D eigenvalue weighted by Crippen LogP contribution is 2.29. The minimum absolute atomic E-state index is 0.00157. The maximum Gasteiger partial charge on any atom is 0.340 e. The van der Waals surface area contributed by atoms with E-state index >= 15 is 0 Å². The number of nitrogens with zero attached hydrogens (tertiary/aromatic N) is 1. The summed E-state index contributed by atoms with van der Waals surface area (Å²) in [5, 5.41) is 0. The molecule has 0 N–H and O–H groups in total. The molecule has 0 bridgehead atoms. The zero-order valence-corrected chi connectivity index (χ0v) is 9.74. The maximum atomic E-state index is 12.0. The van der Waals surface area contributed by atoms with Crippen LogP contribution in [0.5, 0.6) is 0 Å². The molecule has 0 amide bonds. The van der Waals surface area contributed by atoms with E-state index in [9.17, 15) is 9.59 Å². The lowest BCUT2D eigenvalue weighted by Crippen LogP contribution is -2.22. The van der Waals surface area contributed by atoms with Gasteiger partial charge in [0.1, 0.15) is 0 Å². The van der Waals surface area contributed by atoms with Crippen molar-refractivity contribution in [1.29, 1.82) is 0 Å². The summed E-state index contributed by atoms with van der Waals surface area (Å²) in [6.45, 7) is 1.90. The van der Waals surface area contributed by atoms with E-state index in [0.717, 1.165) is 18.5 Å². The fourth-order valence-corrected chi connectivity index (χ4v) is 2.24. The van der Waals surface area contributed by atoms with Gasteiger partial charge in [-0.15, -0.1) is 0 Å². The number of aromatic nitrogens is 1. The first-order chi connectivity index (χ1) is 7.56. The monoisotopic (exact) mass is 221 g/mol. The third kappa shape index (κ3) is 1.45. The molecule has 0 aromatic carbocycles. The van der Waals surface area contributed by atoms with Crippen molar-refractivity contribution in [3.8, 4) is 0 Å². The average Bonchev–Trinajstić information content (AvgIpc) is 2.61. The highest BCUT2D eigenvalue weighted by molar-refractivity contribution is 6.08. The Hall–Kier alpha value is -1.58. The van der Waals surface area contributed by atoms with Crippen molar-refractivity contribution >= 4 is 11.8 Å². The Balaban J connectivity index is 2.58. The molecule has 4 nitrogen and oxygen atoms in total. The molecule has 1 aromatic rings. The van der Waals surface area contributed by atoms with Crippen molar-refractivity contribution in [2.24, 2.45) is 13.0 Å². The quantitative estimate of drug-likeness (QED) is 0.676. The second kappa shape index (κ2) is 3.77. The number of carbonyl (C=O) groups excluding carboxylic acids is 2. The largest absolute Gasteiger partial charge is 0.465 e. The molecule has 4 heteroatoms. The zero-order valence-electron chi connectivity index (χ0n) is 9.74. The Morgan fingerprint density at radius 3 is 2.88 bits per heavy atom. The van der Waals surface area contributed by atoms with Crippen LogP contribution >= 0.6 is 0 Å². The maximum absolute atomic E-state index is 12.0. The first-order valence-electron chi connectivity index (χ1n) is 5.37. The smallest absolute Gasteiger partial charge is 0.340 e. The number of methoxy groups -OCH3 is 1. The molecular weight excluding hydrogens is 206 g/mol. The molecule has 1 aliphatic rings. The zero-order chi connectivity index (χ0) is 11.9. The molecule has 0 saturated heterocycles. The van der Waals surface area contributed by atoms with Crippen LogP contribution in [0.2, 0.25) is 0 Å². The third-order valence-corrected chi connectivity index (χ3v) is 3.22. The minimum Gasteiger partial charge on any atom is -0.465 e. The number of hydrogen-bond donors (Lipinski definition) is 0. The van der Waals surface area contributed by atoms with Gasteiger partial charge in [0.2, 0.25) is 0 Å². The molecule has 1 heterocycles. The van der Waals surface area contributed by atoms with Gasteiger partial charge in [0.15, 0.2) is 5.78 Å². The Labute approximate surface area is 94.2 Å². The van der Waals surface area contributed by atoms with Gasteiger partial charge in [-0.2, -0.15) is 0 Å². The molecule has 0 saturated carbocycles. The highest BCUT2D eigenvalue weighted by atomic mass is 16.5. The van der Waals surface area contributed by atoms with Crippen LogP contribution in [0.1, 0.15) is 39.8 Å². The Bertz CT molecular complexity index is 459. The number of hydrogen-bond acceptors (Lipinski definition) is 3. The topological polar surface area (TPSA) is 48.3 Å². The SMILES string of the molecule is COC(=O)c1cn(C)c2c1C(=O)C(C)CC2. The van der Waals surface area contributed by atoms with Crippen molar-refractivity contribution in [2.75, 3.05) is 7.11 Å². The van der Waals surface area contributed by atoms with Gasteiger partial charge in [-0.25, -0.2) is 4.79 Å². The van der Waals surface area contributed by atoms with E-state index in [1.807, 2.05) is 18.5 Å². The van der Waals surface area contributed by atoms with Crippen LogP contribution in [0.15, 0.2) is 6.20 Å². The number of fused-ring (bicyclic) bond motifs is 1. The summed E-state index contributed by atoms with van der Waals surface area (Å²) < 4.78 is 6.55. The predicted octanol–water partition coefficient (Wildman–Crippen LogP) is 1.58. The van der Waals surface area contributed by atoms with Gasteiger partial charge in [0.25, 0.3) is 0 Å². The molecule has 1 aromatic heterocycles. The van der Waals surface area contributed by atoms with E-state index < -0.39 is 5.97 Å². The average molecular weight is 221 g/mol. The number of ether oxygens (including phenoxy) is 1. The van der Waals surface area contributed by atoms with E-state index in [1.54, 1.807) is 6.20 Å². The number of esters is 1. The molecular formula is C12H15NO3. The second-order valence-corrected chi connectivity index (χ2v) is 4.27. The Kier molecular flexibility index (Phi) is 2.58. The molecule has 16 heavy (non-hydrogen) atoms. The van der Waals surface area contributed by atoms with E-state index in [2.05, 4.69) is 0 Å². The van der Waals surface area contributed by atoms with E-state index in [0.29, 0.717) is 11.1 Å². The lowest BCUT2D eigenvalue weighted by atomic mass is 9.86. The lowest BCUT2D eigenvalue weighted by Gasteiger charge is -2.18. The lowest BCUT2D eigenvalue weighted by molar-refractivity contribution is 0.0596. The van der Waals surface area contributed by atoms with Gasteiger partial charge in [-0.3, -0.25) is 4.79 Å². The molecule has 1 unspecified atom stereocenters. The highest BCUT2D eigenvalue weighted by Gasteiger charge is 2.31. The first-order valence-corrected chi connectivity index (χ1v) is 5.37. The van der Waals surface area contributed by atoms with Crippen LogP contribution in [-0.2, 0) is 18.2 Å². The molecule has 2 rings (SSSR count). The van der Waals surface area contributed by atoms with Gasteiger partial charge < -0.3 is 9.30 Å². The van der Waals surface area contributed by atoms with Crippen LogP contribution in [0.4, 0.5) is 0 Å². The number of rotatable bonds is 1. The second-order valence-electron chi connectivity index (χ2n) is 4.27. The van der Waals surface area contributed by atoms with Crippen molar-refractivity contribution in [1.82, 2.24) is 4.57 Å². The van der Waals surface area contributed by atoms with Crippen LogP contribution < -0.4 is 0 Å². The van der Waals surface area contributed by atoms with Crippen molar-refractivity contribution in [2.45, 2.75) is 19.8 Å². The summed E-state index contributed by atoms with van der Waals surface area (Å²) in [4.78, 5) is 23.6.